The van der Waals surface area contributed by atoms with Crippen molar-refractivity contribution in [2.45, 2.75) is 70.7 Å². The summed E-state index contributed by atoms with van der Waals surface area (Å²) in [6.45, 7) is 6.00. The van der Waals surface area contributed by atoms with Crippen LogP contribution in [-0.2, 0) is 11.3 Å². The van der Waals surface area contributed by atoms with Gasteiger partial charge >= 0.3 is 12.1 Å². The van der Waals surface area contributed by atoms with Gasteiger partial charge in [0.05, 0.1) is 7.11 Å². The molecular weight excluding hydrogens is 346 g/mol. The standard InChI is InChI=1S/C20H31N3O4/c1-20(2,3)27-19(25)23-16-9-7-15(8-10-16)22-18(24)21-13-14-5-11-17(26-4)12-6-14/h5-6,11-12,15-16H,7-10,13H2,1-4H3,(H,23,25)(H2,21,22,24). The van der Waals surface area contributed by atoms with Crippen LogP contribution in [0.1, 0.15) is 52.0 Å². The minimum absolute atomic E-state index is 0.0975. The van der Waals surface area contributed by atoms with Crippen molar-refractivity contribution in [3.63, 3.8) is 0 Å². The normalized spacial score (nSPS) is 19.7. The summed E-state index contributed by atoms with van der Waals surface area (Å²) < 4.78 is 10.4. The van der Waals surface area contributed by atoms with Crippen LogP contribution in [0.5, 0.6) is 5.75 Å². The number of carbonyl (C=O) groups excluding carboxylic acids is 2. The molecule has 1 aromatic rings. The maximum atomic E-state index is 12.1. The van der Waals surface area contributed by atoms with Gasteiger partial charge in [0.15, 0.2) is 0 Å². The maximum Gasteiger partial charge on any atom is 0.407 e. The highest BCUT2D eigenvalue weighted by Gasteiger charge is 2.25. The summed E-state index contributed by atoms with van der Waals surface area (Å²) >= 11 is 0. The zero-order chi connectivity index (χ0) is 19.9. The summed E-state index contributed by atoms with van der Waals surface area (Å²) in [4.78, 5) is 23.9. The first-order chi connectivity index (χ1) is 12.7. The molecule has 0 bridgehead atoms. The lowest BCUT2D eigenvalue weighted by Gasteiger charge is -2.30. The van der Waals surface area contributed by atoms with Crippen LogP contribution in [-0.4, -0.2) is 36.9 Å². The molecular formula is C20H31N3O4. The van der Waals surface area contributed by atoms with E-state index in [0.717, 1.165) is 37.0 Å². The lowest BCUT2D eigenvalue weighted by molar-refractivity contribution is 0.0490. The third kappa shape index (κ3) is 7.76. The van der Waals surface area contributed by atoms with E-state index in [-0.39, 0.29) is 24.2 Å². The number of rotatable bonds is 5. The Hall–Kier alpha value is -2.44. The van der Waals surface area contributed by atoms with Gasteiger partial charge in [-0.1, -0.05) is 12.1 Å². The van der Waals surface area contributed by atoms with Gasteiger partial charge in [0.1, 0.15) is 11.4 Å². The highest BCUT2D eigenvalue weighted by Crippen LogP contribution is 2.19. The predicted octanol–water partition coefficient (Wildman–Crippen LogP) is 3.33. The maximum absolute atomic E-state index is 12.1. The van der Waals surface area contributed by atoms with E-state index in [0.29, 0.717) is 6.54 Å². The first-order valence-electron chi connectivity index (χ1n) is 9.42. The minimum Gasteiger partial charge on any atom is -0.497 e. The summed E-state index contributed by atoms with van der Waals surface area (Å²) in [7, 11) is 1.62. The smallest absolute Gasteiger partial charge is 0.407 e. The molecule has 1 aliphatic rings. The minimum atomic E-state index is -0.495. The van der Waals surface area contributed by atoms with E-state index in [1.807, 2.05) is 45.0 Å². The van der Waals surface area contributed by atoms with Gasteiger partial charge in [0, 0.05) is 18.6 Å². The first kappa shape index (κ1) is 20.9. The molecule has 1 fully saturated rings. The molecule has 0 saturated heterocycles. The monoisotopic (exact) mass is 377 g/mol. The molecule has 7 heteroatoms. The molecule has 0 unspecified atom stereocenters. The first-order valence-corrected chi connectivity index (χ1v) is 9.42. The SMILES string of the molecule is COc1ccc(CNC(=O)NC2CCC(NC(=O)OC(C)(C)C)CC2)cc1. The lowest BCUT2D eigenvalue weighted by atomic mass is 9.91. The Kier molecular flexibility index (Phi) is 7.33. The number of urea groups is 1. The Morgan fingerprint density at radius 1 is 1.00 bits per heavy atom. The van der Waals surface area contributed by atoms with Crippen LogP contribution in [0.2, 0.25) is 0 Å². The van der Waals surface area contributed by atoms with Gasteiger partial charge < -0.3 is 25.4 Å². The second-order valence-corrected chi connectivity index (χ2v) is 7.87. The van der Waals surface area contributed by atoms with Gasteiger partial charge in [-0.15, -0.1) is 0 Å². The van der Waals surface area contributed by atoms with Crippen molar-refractivity contribution in [2.75, 3.05) is 7.11 Å². The van der Waals surface area contributed by atoms with Crippen molar-refractivity contribution in [3.8, 4) is 5.75 Å². The van der Waals surface area contributed by atoms with Crippen LogP contribution in [0.15, 0.2) is 24.3 Å². The van der Waals surface area contributed by atoms with Crippen LogP contribution >= 0.6 is 0 Å². The number of benzene rings is 1. The Labute approximate surface area is 161 Å². The third-order valence-corrected chi connectivity index (χ3v) is 4.40. The molecule has 1 aromatic carbocycles. The van der Waals surface area contributed by atoms with E-state index in [2.05, 4.69) is 16.0 Å². The van der Waals surface area contributed by atoms with Crippen LogP contribution in [0.3, 0.4) is 0 Å². The highest BCUT2D eigenvalue weighted by atomic mass is 16.6. The van der Waals surface area contributed by atoms with Crippen molar-refractivity contribution in [1.82, 2.24) is 16.0 Å². The molecule has 1 saturated carbocycles. The van der Waals surface area contributed by atoms with Gasteiger partial charge in [-0.05, 0) is 64.2 Å². The summed E-state index contributed by atoms with van der Waals surface area (Å²) in [5, 5.41) is 8.78. The molecule has 1 aliphatic carbocycles. The van der Waals surface area contributed by atoms with Crippen LogP contribution < -0.4 is 20.7 Å². The molecule has 27 heavy (non-hydrogen) atoms. The molecule has 0 aliphatic heterocycles. The van der Waals surface area contributed by atoms with E-state index >= 15 is 0 Å². The summed E-state index contributed by atoms with van der Waals surface area (Å²) in [6.07, 6.45) is 2.93. The molecule has 2 rings (SSSR count). The average Bonchev–Trinajstić information content (AvgIpc) is 2.60. The van der Waals surface area contributed by atoms with E-state index in [1.54, 1.807) is 7.11 Å². The molecule has 3 amide bonds. The van der Waals surface area contributed by atoms with Crippen molar-refractivity contribution in [3.05, 3.63) is 29.8 Å². The fraction of sp³-hybridized carbons (Fsp3) is 0.600. The van der Waals surface area contributed by atoms with Crippen molar-refractivity contribution >= 4 is 12.1 Å². The van der Waals surface area contributed by atoms with Crippen LogP contribution in [0, 0.1) is 0 Å². The van der Waals surface area contributed by atoms with Gasteiger partial charge in [0.25, 0.3) is 0 Å². The topological polar surface area (TPSA) is 88.7 Å². The molecule has 0 radical (unpaired) electrons. The Morgan fingerprint density at radius 3 is 2.07 bits per heavy atom. The number of nitrogens with one attached hydrogen (secondary N) is 3. The van der Waals surface area contributed by atoms with E-state index in [9.17, 15) is 9.59 Å². The average molecular weight is 377 g/mol. The molecule has 7 nitrogen and oxygen atoms in total. The number of hydrogen-bond donors (Lipinski definition) is 3. The van der Waals surface area contributed by atoms with Gasteiger partial charge in [0.2, 0.25) is 0 Å². The summed E-state index contributed by atoms with van der Waals surface area (Å²) in [6, 6.07) is 7.63. The quantitative estimate of drug-likeness (QED) is 0.734. The van der Waals surface area contributed by atoms with Crippen molar-refractivity contribution < 1.29 is 19.1 Å². The molecule has 0 spiro atoms. The number of methoxy groups -OCH3 is 1. The molecule has 3 N–H and O–H groups in total. The van der Waals surface area contributed by atoms with Crippen molar-refractivity contribution in [1.29, 1.82) is 0 Å². The second kappa shape index (κ2) is 9.48. The number of hydrogen-bond acceptors (Lipinski definition) is 4. The number of alkyl carbamates (subject to hydrolysis) is 1. The highest BCUT2D eigenvalue weighted by molar-refractivity contribution is 5.74. The second-order valence-electron chi connectivity index (χ2n) is 7.87. The van der Waals surface area contributed by atoms with Crippen molar-refractivity contribution in [2.24, 2.45) is 0 Å². The largest absolute Gasteiger partial charge is 0.497 e. The predicted molar refractivity (Wildman–Crippen MR) is 104 cm³/mol. The summed E-state index contributed by atoms with van der Waals surface area (Å²) in [5.74, 6) is 0.792. The number of ether oxygens (including phenoxy) is 2. The Bertz CT molecular complexity index is 617. The molecule has 150 valence electrons. The lowest BCUT2D eigenvalue weighted by Crippen LogP contribution is -2.47. The molecule has 0 aromatic heterocycles. The number of carbonyl (C=O) groups is 2. The zero-order valence-corrected chi connectivity index (χ0v) is 16.6. The Morgan fingerprint density at radius 2 is 1.56 bits per heavy atom. The Balaban J connectivity index is 1.65. The molecule has 0 atom stereocenters. The summed E-state index contributed by atoms with van der Waals surface area (Å²) in [5.41, 5.74) is 0.515. The van der Waals surface area contributed by atoms with Crippen LogP contribution in [0.4, 0.5) is 9.59 Å². The van der Waals surface area contributed by atoms with Crippen LogP contribution in [0.25, 0.3) is 0 Å². The fourth-order valence-electron chi connectivity index (χ4n) is 3.02. The van der Waals surface area contributed by atoms with Gasteiger partial charge in [-0.3, -0.25) is 0 Å². The molecule has 0 heterocycles. The third-order valence-electron chi connectivity index (χ3n) is 4.40. The van der Waals surface area contributed by atoms with E-state index in [4.69, 9.17) is 9.47 Å². The number of amides is 3. The van der Waals surface area contributed by atoms with E-state index < -0.39 is 5.60 Å². The van der Waals surface area contributed by atoms with Gasteiger partial charge in [-0.2, -0.15) is 0 Å². The zero-order valence-electron chi connectivity index (χ0n) is 16.6. The fourth-order valence-corrected chi connectivity index (χ4v) is 3.02. The van der Waals surface area contributed by atoms with E-state index in [1.165, 1.54) is 0 Å². The van der Waals surface area contributed by atoms with Gasteiger partial charge in [-0.25, -0.2) is 9.59 Å².